The van der Waals surface area contributed by atoms with E-state index in [-0.39, 0.29) is 17.6 Å². The van der Waals surface area contributed by atoms with E-state index in [2.05, 4.69) is 5.32 Å². The second-order valence-corrected chi connectivity index (χ2v) is 4.78. The second kappa shape index (κ2) is 5.74. The second-order valence-electron chi connectivity index (χ2n) is 4.78. The van der Waals surface area contributed by atoms with Crippen molar-refractivity contribution in [3.63, 3.8) is 0 Å². The molecular formula is C16H17FN2O. The third-order valence-electron chi connectivity index (χ3n) is 3.19. The van der Waals surface area contributed by atoms with Gasteiger partial charge in [-0.05, 0) is 49.7 Å². The highest BCUT2D eigenvalue weighted by molar-refractivity contribution is 6.00. The number of carbonyl (C=O) groups excluding carboxylic acids is 1. The number of ketones is 1. The normalized spacial score (nSPS) is 11.9. The number of anilines is 2. The number of carbonyl (C=O) groups is 1. The van der Waals surface area contributed by atoms with E-state index in [9.17, 15) is 9.18 Å². The fraction of sp³-hybridized carbons (Fsp3) is 0.188. The highest BCUT2D eigenvalue weighted by Gasteiger charge is 2.09. The molecule has 4 heteroatoms. The average Bonchev–Trinajstić information content (AvgIpc) is 2.41. The van der Waals surface area contributed by atoms with Crippen LogP contribution in [-0.4, -0.2) is 5.78 Å². The van der Waals surface area contributed by atoms with Gasteiger partial charge in [0.1, 0.15) is 5.82 Å². The molecule has 0 saturated carbocycles. The number of Topliss-reactive ketones (excluding diaryl/α,β-unsaturated/α-hetero) is 1. The van der Waals surface area contributed by atoms with Crippen LogP contribution in [0.3, 0.4) is 0 Å². The highest BCUT2D eigenvalue weighted by Crippen LogP contribution is 2.23. The van der Waals surface area contributed by atoms with Crippen molar-refractivity contribution in [2.45, 2.75) is 19.9 Å². The van der Waals surface area contributed by atoms with Crippen molar-refractivity contribution < 1.29 is 9.18 Å². The van der Waals surface area contributed by atoms with Gasteiger partial charge in [-0.2, -0.15) is 0 Å². The zero-order valence-electron chi connectivity index (χ0n) is 11.5. The summed E-state index contributed by atoms with van der Waals surface area (Å²) in [6, 6.07) is 11.6. The van der Waals surface area contributed by atoms with Crippen molar-refractivity contribution in [2.75, 3.05) is 11.1 Å². The first-order valence-corrected chi connectivity index (χ1v) is 6.40. The van der Waals surface area contributed by atoms with Gasteiger partial charge in [0.15, 0.2) is 5.78 Å². The van der Waals surface area contributed by atoms with Crippen LogP contribution in [0.4, 0.5) is 15.8 Å². The minimum Gasteiger partial charge on any atom is -0.398 e. The summed E-state index contributed by atoms with van der Waals surface area (Å²) in [5, 5.41) is 3.27. The van der Waals surface area contributed by atoms with Crippen LogP contribution in [0.2, 0.25) is 0 Å². The first-order valence-electron chi connectivity index (χ1n) is 6.40. The van der Waals surface area contributed by atoms with Crippen LogP contribution < -0.4 is 11.1 Å². The lowest BCUT2D eigenvalue weighted by Crippen LogP contribution is -2.08. The van der Waals surface area contributed by atoms with Gasteiger partial charge in [0.2, 0.25) is 0 Å². The first kappa shape index (κ1) is 14.1. The van der Waals surface area contributed by atoms with Gasteiger partial charge >= 0.3 is 0 Å². The zero-order chi connectivity index (χ0) is 14.7. The topological polar surface area (TPSA) is 55.1 Å². The third-order valence-corrected chi connectivity index (χ3v) is 3.19. The van der Waals surface area contributed by atoms with Gasteiger partial charge in [0, 0.05) is 23.0 Å². The third kappa shape index (κ3) is 3.15. The monoisotopic (exact) mass is 272 g/mol. The molecule has 20 heavy (non-hydrogen) atoms. The van der Waals surface area contributed by atoms with E-state index in [1.54, 1.807) is 24.3 Å². The molecule has 2 aromatic carbocycles. The van der Waals surface area contributed by atoms with Gasteiger partial charge in [0.25, 0.3) is 0 Å². The van der Waals surface area contributed by atoms with Gasteiger partial charge in [-0.15, -0.1) is 0 Å². The molecule has 0 aliphatic heterocycles. The molecule has 0 aliphatic carbocycles. The standard InChI is InChI=1S/C16H17FN2O/c1-10(12-3-5-13(17)6-4-12)19-14-7-8-16(18)15(9-14)11(2)20/h3-10,19H,18H2,1-2H3. The average molecular weight is 272 g/mol. The number of nitrogens with one attached hydrogen (secondary N) is 1. The Balaban J connectivity index is 2.19. The van der Waals surface area contributed by atoms with Gasteiger partial charge in [-0.3, -0.25) is 4.79 Å². The van der Waals surface area contributed by atoms with Crippen molar-refractivity contribution in [2.24, 2.45) is 0 Å². The summed E-state index contributed by atoms with van der Waals surface area (Å²) >= 11 is 0. The Morgan fingerprint density at radius 1 is 1.20 bits per heavy atom. The number of benzene rings is 2. The number of halogens is 1. The summed E-state index contributed by atoms with van der Waals surface area (Å²) in [4.78, 5) is 11.5. The van der Waals surface area contributed by atoms with Gasteiger partial charge in [-0.1, -0.05) is 12.1 Å². The molecule has 0 radical (unpaired) electrons. The molecule has 0 amide bonds. The van der Waals surface area contributed by atoms with Crippen molar-refractivity contribution in [1.82, 2.24) is 0 Å². The molecule has 104 valence electrons. The van der Waals surface area contributed by atoms with Crippen LogP contribution in [-0.2, 0) is 0 Å². The lowest BCUT2D eigenvalue weighted by molar-refractivity contribution is 0.101. The largest absolute Gasteiger partial charge is 0.398 e. The predicted molar refractivity (Wildman–Crippen MR) is 79.3 cm³/mol. The molecule has 0 spiro atoms. The zero-order valence-corrected chi connectivity index (χ0v) is 11.5. The van der Waals surface area contributed by atoms with E-state index in [1.165, 1.54) is 19.1 Å². The fourth-order valence-corrected chi connectivity index (χ4v) is 2.04. The van der Waals surface area contributed by atoms with Crippen LogP contribution in [0.15, 0.2) is 42.5 Å². The summed E-state index contributed by atoms with van der Waals surface area (Å²) in [6.45, 7) is 3.45. The molecule has 2 rings (SSSR count). The Labute approximate surface area is 117 Å². The number of hydrogen-bond acceptors (Lipinski definition) is 3. The molecule has 0 bridgehead atoms. The fourth-order valence-electron chi connectivity index (χ4n) is 2.04. The molecule has 0 saturated heterocycles. The lowest BCUT2D eigenvalue weighted by Gasteiger charge is -2.16. The molecule has 1 unspecified atom stereocenters. The van der Waals surface area contributed by atoms with Crippen LogP contribution in [0.25, 0.3) is 0 Å². The number of rotatable bonds is 4. The Morgan fingerprint density at radius 3 is 2.45 bits per heavy atom. The van der Waals surface area contributed by atoms with E-state index in [0.717, 1.165) is 11.3 Å². The van der Waals surface area contributed by atoms with Gasteiger partial charge in [0.05, 0.1) is 0 Å². The number of nitrogens with two attached hydrogens (primary N) is 1. The summed E-state index contributed by atoms with van der Waals surface area (Å²) in [6.07, 6.45) is 0. The minimum atomic E-state index is -0.257. The summed E-state index contributed by atoms with van der Waals surface area (Å²) in [7, 11) is 0. The molecule has 0 aliphatic rings. The van der Waals surface area contributed by atoms with Crippen LogP contribution in [0, 0.1) is 5.82 Å². The Morgan fingerprint density at radius 2 is 1.85 bits per heavy atom. The summed E-state index contributed by atoms with van der Waals surface area (Å²) in [5.41, 5.74) is 8.50. The smallest absolute Gasteiger partial charge is 0.161 e. The van der Waals surface area contributed by atoms with Crippen molar-refractivity contribution >= 4 is 17.2 Å². The maximum Gasteiger partial charge on any atom is 0.161 e. The quantitative estimate of drug-likeness (QED) is 0.657. The Bertz CT molecular complexity index is 623. The van der Waals surface area contributed by atoms with Crippen molar-refractivity contribution in [3.8, 4) is 0 Å². The summed E-state index contributed by atoms with van der Waals surface area (Å²) in [5.74, 6) is -0.326. The maximum atomic E-state index is 12.9. The van der Waals surface area contributed by atoms with Gasteiger partial charge in [-0.25, -0.2) is 4.39 Å². The lowest BCUT2D eigenvalue weighted by atomic mass is 10.1. The van der Waals surface area contributed by atoms with Crippen LogP contribution in [0.1, 0.15) is 35.8 Å². The molecule has 0 heterocycles. The molecule has 0 fully saturated rings. The van der Waals surface area contributed by atoms with E-state index >= 15 is 0 Å². The van der Waals surface area contributed by atoms with Crippen molar-refractivity contribution in [1.29, 1.82) is 0 Å². The highest BCUT2D eigenvalue weighted by atomic mass is 19.1. The van der Waals surface area contributed by atoms with Crippen molar-refractivity contribution in [3.05, 3.63) is 59.4 Å². The van der Waals surface area contributed by atoms with Crippen LogP contribution >= 0.6 is 0 Å². The van der Waals surface area contributed by atoms with E-state index in [1.807, 2.05) is 13.0 Å². The SMILES string of the molecule is CC(=O)c1cc(NC(C)c2ccc(F)cc2)ccc1N. The molecule has 3 N–H and O–H groups in total. The summed E-state index contributed by atoms with van der Waals surface area (Å²) < 4.78 is 12.9. The molecular weight excluding hydrogens is 255 g/mol. The Hall–Kier alpha value is -2.36. The van der Waals surface area contributed by atoms with E-state index < -0.39 is 0 Å². The van der Waals surface area contributed by atoms with Gasteiger partial charge < -0.3 is 11.1 Å². The number of nitrogen functional groups attached to an aromatic ring is 1. The minimum absolute atomic E-state index is 0.000896. The molecule has 2 aromatic rings. The molecule has 1 atom stereocenters. The first-order chi connectivity index (χ1) is 9.47. The molecule has 0 aromatic heterocycles. The number of hydrogen-bond donors (Lipinski definition) is 2. The van der Waals surface area contributed by atoms with Crippen LogP contribution in [0.5, 0.6) is 0 Å². The Kier molecular flexibility index (Phi) is 4.03. The maximum absolute atomic E-state index is 12.9. The van der Waals surface area contributed by atoms with E-state index in [4.69, 9.17) is 5.73 Å². The molecule has 3 nitrogen and oxygen atoms in total. The predicted octanol–water partition coefficient (Wildman–Crippen LogP) is 3.78. The van der Waals surface area contributed by atoms with E-state index in [0.29, 0.717) is 11.3 Å².